The van der Waals surface area contributed by atoms with Gasteiger partial charge in [-0.3, -0.25) is 4.79 Å². The van der Waals surface area contributed by atoms with Gasteiger partial charge in [0, 0.05) is 11.6 Å². The number of amides is 1. The minimum absolute atomic E-state index is 0.0386. The summed E-state index contributed by atoms with van der Waals surface area (Å²) in [6.07, 6.45) is -2.77. The number of carbonyl (C=O) groups is 1. The fraction of sp³-hybridized carbons (Fsp3) is 0.533. The van der Waals surface area contributed by atoms with Gasteiger partial charge in [0.05, 0.1) is 5.92 Å². The molecule has 116 valence electrons. The summed E-state index contributed by atoms with van der Waals surface area (Å²) in [4.78, 5) is 12.0. The van der Waals surface area contributed by atoms with Gasteiger partial charge in [-0.15, -0.1) is 0 Å². The van der Waals surface area contributed by atoms with Crippen molar-refractivity contribution in [1.82, 2.24) is 5.32 Å². The van der Waals surface area contributed by atoms with E-state index in [0.717, 1.165) is 6.07 Å². The van der Waals surface area contributed by atoms with E-state index in [-0.39, 0.29) is 12.0 Å². The molecule has 0 aliphatic heterocycles. The van der Waals surface area contributed by atoms with Crippen molar-refractivity contribution in [1.29, 1.82) is 0 Å². The number of hydrogen-bond donors (Lipinski definition) is 1. The molecular weight excluding hydrogens is 286 g/mol. The molecule has 1 aliphatic rings. The van der Waals surface area contributed by atoms with Crippen LogP contribution < -0.4 is 5.32 Å². The second-order valence-electron chi connectivity index (χ2n) is 5.48. The number of hydrogen-bond acceptors (Lipinski definition) is 1. The van der Waals surface area contributed by atoms with Crippen molar-refractivity contribution in [2.24, 2.45) is 5.92 Å². The van der Waals surface area contributed by atoms with Crippen LogP contribution in [-0.2, 0) is 0 Å². The Bertz CT molecular complexity index is 527. The maximum atomic E-state index is 13.2. The standard InChI is InChI=1S/C15H17F4NO/c1-9-8-10(6-7-12(9)16)14(21)20-13-5-3-2-4-11(13)15(17,18)19/h6-8,11,13H,2-5H2,1H3,(H,20,21). The summed E-state index contributed by atoms with van der Waals surface area (Å²) in [5.41, 5.74) is 0.471. The monoisotopic (exact) mass is 303 g/mol. The SMILES string of the molecule is Cc1cc(C(=O)NC2CCCCC2C(F)(F)F)ccc1F. The highest BCUT2D eigenvalue weighted by molar-refractivity contribution is 5.94. The van der Waals surface area contributed by atoms with Crippen molar-refractivity contribution in [3.63, 3.8) is 0 Å². The molecule has 1 aromatic carbocycles. The smallest absolute Gasteiger partial charge is 0.349 e. The molecule has 2 rings (SSSR count). The second kappa shape index (κ2) is 6.03. The first kappa shape index (κ1) is 15.8. The Labute approximate surface area is 120 Å². The van der Waals surface area contributed by atoms with Crippen molar-refractivity contribution < 1.29 is 22.4 Å². The molecule has 0 saturated heterocycles. The van der Waals surface area contributed by atoms with Crippen LogP contribution in [0.3, 0.4) is 0 Å². The highest BCUT2D eigenvalue weighted by atomic mass is 19.4. The van der Waals surface area contributed by atoms with Gasteiger partial charge in [-0.2, -0.15) is 13.2 Å². The predicted octanol–water partition coefficient (Wildman–Crippen LogP) is 3.99. The van der Waals surface area contributed by atoms with Gasteiger partial charge in [-0.05, 0) is 43.5 Å². The van der Waals surface area contributed by atoms with E-state index in [2.05, 4.69) is 5.32 Å². The van der Waals surface area contributed by atoms with Crippen LogP contribution in [0.1, 0.15) is 41.6 Å². The number of alkyl halides is 3. The van der Waals surface area contributed by atoms with Crippen LogP contribution in [0.5, 0.6) is 0 Å². The molecule has 0 heterocycles. The maximum absolute atomic E-state index is 13.2. The van der Waals surface area contributed by atoms with E-state index in [9.17, 15) is 22.4 Å². The van der Waals surface area contributed by atoms with Gasteiger partial charge in [0.2, 0.25) is 0 Å². The first-order valence-electron chi connectivity index (χ1n) is 6.93. The molecule has 0 bridgehead atoms. The van der Waals surface area contributed by atoms with Crippen molar-refractivity contribution >= 4 is 5.91 Å². The second-order valence-corrected chi connectivity index (χ2v) is 5.48. The molecule has 0 aromatic heterocycles. The molecular formula is C15H17F4NO. The molecule has 2 unspecified atom stereocenters. The summed E-state index contributed by atoms with van der Waals surface area (Å²) in [5, 5.41) is 2.46. The van der Waals surface area contributed by atoms with Crippen LogP contribution in [0.2, 0.25) is 0 Å². The highest BCUT2D eigenvalue weighted by Gasteiger charge is 2.45. The first-order valence-corrected chi connectivity index (χ1v) is 6.93. The minimum atomic E-state index is -4.31. The molecule has 6 heteroatoms. The summed E-state index contributed by atoms with van der Waals surface area (Å²) in [7, 11) is 0. The molecule has 1 aromatic rings. The molecule has 1 amide bonds. The molecule has 2 nitrogen and oxygen atoms in total. The fourth-order valence-corrected chi connectivity index (χ4v) is 2.73. The lowest BCUT2D eigenvalue weighted by atomic mass is 9.84. The van der Waals surface area contributed by atoms with Crippen LogP contribution in [-0.4, -0.2) is 18.1 Å². The summed E-state index contributed by atoms with van der Waals surface area (Å²) in [5.74, 6) is -2.53. The van der Waals surface area contributed by atoms with Gasteiger partial charge in [0.1, 0.15) is 5.82 Å². The topological polar surface area (TPSA) is 29.1 Å². The average molecular weight is 303 g/mol. The number of benzene rings is 1. The van der Waals surface area contributed by atoms with E-state index in [0.29, 0.717) is 24.8 Å². The Morgan fingerprint density at radius 2 is 1.90 bits per heavy atom. The number of halogens is 4. The zero-order valence-corrected chi connectivity index (χ0v) is 11.6. The molecule has 1 aliphatic carbocycles. The quantitative estimate of drug-likeness (QED) is 0.823. The van der Waals surface area contributed by atoms with Crippen molar-refractivity contribution in [2.75, 3.05) is 0 Å². The van der Waals surface area contributed by atoms with Crippen LogP contribution in [0.25, 0.3) is 0 Å². The molecule has 1 saturated carbocycles. The van der Waals surface area contributed by atoms with Crippen molar-refractivity contribution in [3.8, 4) is 0 Å². The Kier molecular flexibility index (Phi) is 4.54. The lowest BCUT2D eigenvalue weighted by Crippen LogP contribution is -2.47. The third-order valence-corrected chi connectivity index (χ3v) is 3.92. The lowest BCUT2D eigenvalue weighted by molar-refractivity contribution is -0.187. The van der Waals surface area contributed by atoms with Gasteiger partial charge in [-0.25, -0.2) is 4.39 Å². The molecule has 21 heavy (non-hydrogen) atoms. The number of nitrogens with one attached hydrogen (secondary N) is 1. The van der Waals surface area contributed by atoms with Gasteiger partial charge < -0.3 is 5.32 Å². The van der Waals surface area contributed by atoms with Crippen molar-refractivity contribution in [2.45, 2.75) is 44.8 Å². The zero-order valence-electron chi connectivity index (χ0n) is 11.6. The summed E-state index contributed by atoms with van der Waals surface area (Å²) >= 11 is 0. The Balaban J connectivity index is 2.11. The highest BCUT2D eigenvalue weighted by Crippen LogP contribution is 2.37. The van der Waals surface area contributed by atoms with E-state index in [1.165, 1.54) is 19.1 Å². The number of rotatable bonds is 2. The summed E-state index contributed by atoms with van der Waals surface area (Å²) < 4.78 is 52.0. The van der Waals surface area contributed by atoms with E-state index in [1.54, 1.807) is 0 Å². The van der Waals surface area contributed by atoms with Gasteiger partial charge in [0.25, 0.3) is 5.91 Å². The summed E-state index contributed by atoms with van der Waals surface area (Å²) in [6.45, 7) is 1.51. The van der Waals surface area contributed by atoms with E-state index in [4.69, 9.17) is 0 Å². The Hall–Kier alpha value is -1.59. The normalized spacial score (nSPS) is 22.9. The summed E-state index contributed by atoms with van der Waals surface area (Å²) in [6, 6.07) is 2.86. The van der Waals surface area contributed by atoms with E-state index in [1.807, 2.05) is 0 Å². The number of carbonyl (C=O) groups excluding carboxylic acids is 1. The Morgan fingerprint density at radius 3 is 2.52 bits per heavy atom. The van der Waals surface area contributed by atoms with E-state index >= 15 is 0 Å². The van der Waals surface area contributed by atoms with Crippen LogP contribution in [0.4, 0.5) is 17.6 Å². The maximum Gasteiger partial charge on any atom is 0.393 e. The zero-order chi connectivity index (χ0) is 15.6. The molecule has 0 radical (unpaired) electrons. The minimum Gasteiger partial charge on any atom is -0.349 e. The molecule has 0 spiro atoms. The first-order chi connectivity index (χ1) is 9.79. The largest absolute Gasteiger partial charge is 0.393 e. The van der Waals surface area contributed by atoms with E-state index < -0.39 is 29.9 Å². The third kappa shape index (κ3) is 3.74. The van der Waals surface area contributed by atoms with Gasteiger partial charge in [0.15, 0.2) is 0 Å². The van der Waals surface area contributed by atoms with Crippen molar-refractivity contribution in [3.05, 3.63) is 35.1 Å². The molecule has 2 atom stereocenters. The lowest BCUT2D eigenvalue weighted by Gasteiger charge is -2.33. The van der Waals surface area contributed by atoms with Gasteiger partial charge in [-0.1, -0.05) is 12.8 Å². The Morgan fingerprint density at radius 1 is 1.24 bits per heavy atom. The molecule has 1 fully saturated rings. The third-order valence-electron chi connectivity index (χ3n) is 3.92. The molecule has 1 N–H and O–H groups in total. The van der Waals surface area contributed by atoms with Crippen LogP contribution in [0, 0.1) is 18.7 Å². The predicted molar refractivity (Wildman–Crippen MR) is 70.4 cm³/mol. The fourth-order valence-electron chi connectivity index (χ4n) is 2.73. The average Bonchev–Trinajstić information content (AvgIpc) is 2.41. The van der Waals surface area contributed by atoms with Crippen LogP contribution in [0.15, 0.2) is 18.2 Å². The van der Waals surface area contributed by atoms with Crippen LogP contribution >= 0.6 is 0 Å². The van der Waals surface area contributed by atoms with Gasteiger partial charge >= 0.3 is 6.18 Å². The number of aryl methyl sites for hydroxylation is 1.